The fraction of sp³-hybridized carbons (Fsp3) is 0.500. The molecule has 1 unspecified atom stereocenters. The van der Waals surface area contributed by atoms with E-state index in [0.717, 1.165) is 12.1 Å². The molecule has 2 N–H and O–H groups in total. The average molecular weight is 381 g/mol. The van der Waals surface area contributed by atoms with E-state index in [1.165, 1.54) is 0 Å². The van der Waals surface area contributed by atoms with E-state index < -0.39 is 54.5 Å². The predicted octanol–water partition coefficient (Wildman–Crippen LogP) is 3.34. The molecule has 1 amide bonds. The molecule has 0 bridgehead atoms. The number of rotatable bonds is 6. The van der Waals surface area contributed by atoms with Gasteiger partial charge in [-0.25, -0.2) is 14.0 Å². The van der Waals surface area contributed by atoms with Crippen LogP contribution in [0.4, 0.5) is 22.4 Å². The third-order valence-corrected chi connectivity index (χ3v) is 2.92. The number of alkyl halides is 3. The molecule has 1 aromatic carbocycles. The maximum Gasteiger partial charge on any atom is 0.419 e. The van der Waals surface area contributed by atoms with E-state index in [1.807, 2.05) is 0 Å². The van der Waals surface area contributed by atoms with Crippen LogP contribution in [0.1, 0.15) is 31.9 Å². The highest BCUT2D eigenvalue weighted by atomic mass is 19.4. The molecule has 1 aromatic rings. The van der Waals surface area contributed by atoms with E-state index in [4.69, 9.17) is 14.6 Å². The zero-order chi connectivity index (χ0) is 20.1. The van der Waals surface area contributed by atoms with Crippen molar-refractivity contribution in [2.45, 2.75) is 45.2 Å². The molecule has 1 rings (SSSR count). The van der Waals surface area contributed by atoms with Crippen molar-refractivity contribution >= 4 is 12.1 Å². The Kier molecular flexibility index (Phi) is 6.96. The van der Waals surface area contributed by atoms with Gasteiger partial charge in [-0.3, -0.25) is 0 Å². The Morgan fingerprint density at radius 2 is 1.85 bits per heavy atom. The second kappa shape index (κ2) is 8.35. The van der Waals surface area contributed by atoms with Crippen LogP contribution in [-0.2, 0) is 27.1 Å². The summed E-state index contributed by atoms with van der Waals surface area (Å²) in [5.74, 6) is -2.94. The van der Waals surface area contributed by atoms with Gasteiger partial charge in [0.25, 0.3) is 0 Å². The number of carboxylic acid groups (broad SMARTS) is 1. The van der Waals surface area contributed by atoms with Gasteiger partial charge in [0.15, 0.2) is 6.04 Å². The molecule has 1 atom stereocenters. The Morgan fingerprint density at radius 3 is 2.35 bits per heavy atom. The van der Waals surface area contributed by atoms with Crippen LogP contribution >= 0.6 is 0 Å². The van der Waals surface area contributed by atoms with E-state index in [9.17, 15) is 27.2 Å². The summed E-state index contributed by atoms with van der Waals surface area (Å²) in [7, 11) is 0. The van der Waals surface area contributed by atoms with Crippen molar-refractivity contribution in [1.29, 1.82) is 0 Å². The average Bonchev–Trinajstić information content (AvgIpc) is 2.44. The zero-order valence-corrected chi connectivity index (χ0v) is 14.3. The molecule has 0 aliphatic carbocycles. The molecule has 10 heteroatoms. The summed E-state index contributed by atoms with van der Waals surface area (Å²) in [5, 5.41) is 11.1. The first-order valence-electron chi connectivity index (χ1n) is 7.46. The van der Waals surface area contributed by atoms with Crippen molar-refractivity contribution in [1.82, 2.24) is 5.32 Å². The van der Waals surface area contributed by atoms with Gasteiger partial charge in [0.1, 0.15) is 11.4 Å². The highest BCUT2D eigenvalue weighted by molar-refractivity contribution is 5.80. The second-order valence-electron chi connectivity index (χ2n) is 6.33. The number of benzene rings is 1. The van der Waals surface area contributed by atoms with E-state index in [1.54, 1.807) is 20.8 Å². The summed E-state index contributed by atoms with van der Waals surface area (Å²) >= 11 is 0. The summed E-state index contributed by atoms with van der Waals surface area (Å²) in [6.45, 7) is 3.54. The lowest BCUT2D eigenvalue weighted by Gasteiger charge is -2.22. The van der Waals surface area contributed by atoms with Crippen LogP contribution in [0.5, 0.6) is 0 Å². The van der Waals surface area contributed by atoms with Gasteiger partial charge in [-0.15, -0.1) is 0 Å². The number of amides is 1. The molecule has 6 nitrogen and oxygen atoms in total. The number of nitrogens with one attached hydrogen (secondary N) is 1. The van der Waals surface area contributed by atoms with Crippen molar-refractivity contribution in [3.05, 3.63) is 35.1 Å². The molecule has 0 aromatic heterocycles. The molecule has 0 aliphatic heterocycles. The van der Waals surface area contributed by atoms with Crippen LogP contribution < -0.4 is 5.32 Å². The quantitative estimate of drug-likeness (QED) is 0.739. The van der Waals surface area contributed by atoms with Crippen LogP contribution in [0.25, 0.3) is 0 Å². The van der Waals surface area contributed by atoms with E-state index >= 15 is 0 Å². The Hall–Kier alpha value is -2.36. The van der Waals surface area contributed by atoms with E-state index in [2.05, 4.69) is 5.32 Å². The monoisotopic (exact) mass is 381 g/mol. The lowest BCUT2D eigenvalue weighted by atomic mass is 10.1. The van der Waals surface area contributed by atoms with Crippen molar-refractivity contribution < 1.29 is 41.7 Å². The maximum absolute atomic E-state index is 13.8. The summed E-state index contributed by atoms with van der Waals surface area (Å²) in [6, 6.07) is 1.17. The molecule has 0 aliphatic rings. The van der Waals surface area contributed by atoms with Crippen molar-refractivity contribution in [3.8, 4) is 0 Å². The fourth-order valence-corrected chi connectivity index (χ4v) is 1.82. The molecule has 0 saturated heterocycles. The molecule has 0 radical (unpaired) electrons. The number of carbonyl (C=O) groups is 2. The van der Waals surface area contributed by atoms with Crippen LogP contribution in [0, 0.1) is 5.82 Å². The molecule has 0 spiro atoms. The summed E-state index contributed by atoms with van der Waals surface area (Å²) in [5.41, 5.74) is -2.68. The van der Waals surface area contributed by atoms with Crippen molar-refractivity contribution in [2.24, 2.45) is 0 Å². The minimum atomic E-state index is -4.86. The van der Waals surface area contributed by atoms with Crippen molar-refractivity contribution in [3.63, 3.8) is 0 Å². The maximum atomic E-state index is 13.8. The Balaban J connectivity index is 2.69. The molecular weight excluding hydrogens is 362 g/mol. The zero-order valence-electron chi connectivity index (χ0n) is 14.3. The largest absolute Gasteiger partial charge is 0.480 e. The van der Waals surface area contributed by atoms with E-state index in [0.29, 0.717) is 6.07 Å². The number of aliphatic carboxylic acids is 1. The van der Waals surface area contributed by atoms with Gasteiger partial charge in [-0.1, -0.05) is 12.1 Å². The standard InChI is InChI=1S/C16H19F4NO5/c1-15(2,3)26-14(24)21-11(13(22)23)8-25-7-9-5-4-6-10(12(9)17)16(18,19)20/h4-6,11H,7-8H2,1-3H3,(H,21,24)(H,22,23). The number of carbonyl (C=O) groups excluding carboxylic acids is 1. The molecule has 0 fully saturated rings. The highest BCUT2D eigenvalue weighted by Crippen LogP contribution is 2.32. The van der Waals surface area contributed by atoms with Gasteiger partial charge in [0, 0.05) is 5.56 Å². The topological polar surface area (TPSA) is 84.9 Å². The van der Waals surface area contributed by atoms with Crippen LogP contribution in [0.2, 0.25) is 0 Å². The number of alkyl carbamates (subject to hydrolysis) is 1. The number of halogens is 4. The molecule has 0 heterocycles. The first kappa shape index (κ1) is 21.7. The van der Waals surface area contributed by atoms with Gasteiger partial charge in [0.05, 0.1) is 18.8 Å². The second-order valence-corrected chi connectivity index (χ2v) is 6.33. The lowest BCUT2D eigenvalue weighted by Crippen LogP contribution is -2.46. The highest BCUT2D eigenvalue weighted by Gasteiger charge is 2.34. The molecule has 26 heavy (non-hydrogen) atoms. The number of hydrogen-bond acceptors (Lipinski definition) is 4. The minimum Gasteiger partial charge on any atom is -0.480 e. The first-order valence-corrected chi connectivity index (χ1v) is 7.46. The lowest BCUT2D eigenvalue weighted by molar-refractivity contribution is -0.141. The van der Waals surface area contributed by atoms with Crippen LogP contribution in [0.15, 0.2) is 18.2 Å². The van der Waals surface area contributed by atoms with Crippen LogP contribution in [0.3, 0.4) is 0 Å². The SMILES string of the molecule is CC(C)(C)OC(=O)NC(COCc1cccc(C(F)(F)F)c1F)C(=O)O. The molecular formula is C16H19F4NO5. The Bertz CT molecular complexity index is 655. The van der Waals surface area contributed by atoms with Crippen molar-refractivity contribution in [2.75, 3.05) is 6.61 Å². The third kappa shape index (κ3) is 6.87. The third-order valence-electron chi connectivity index (χ3n) is 2.92. The number of hydrogen-bond donors (Lipinski definition) is 2. The van der Waals surface area contributed by atoms with Gasteiger partial charge in [-0.05, 0) is 26.8 Å². The molecule has 0 saturated carbocycles. The fourth-order valence-electron chi connectivity index (χ4n) is 1.82. The van der Waals surface area contributed by atoms with Gasteiger partial charge in [-0.2, -0.15) is 13.2 Å². The predicted molar refractivity (Wildman–Crippen MR) is 81.9 cm³/mol. The Labute approximate surface area is 147 Å². The normalized spacial score (nSPS) is 13.2. The van der Waals surface area contributed by atoms with Crippen LogP contribution in [-0.4, -0.2) is 35.4 Å². The first-order chi connectivity index (χ1) is 11.8. The van der Waals surface area contributed by atoms with E-state index in [-0.39, 0.29) is 5.56 Å². The number of ether oxygens (including phenoxy) is 2. The summed E-state index contributed by atoms with van der Waals surface area (Å²) in [6.07, 6.45) is -5.86. The van der Waals surface area contributed by atoms with Gasteiger partial charge >= 0.3 is 18.2 Å². The number of carboxylic acids is 1. The smallest absolute Gasteiger partial charge is 0.419 e. The summed E-state index contributed by atoms with van der Waals surface area (Å²) < 4.78 is 61.6. The Morgan fingerprint density at radius 1 is 1.23 bits per heavy atom. The van der Waals surface area contributed by atoms with Gasteiger partial charge in [0.2, 0.25) is 0 Å². The minimum absolute atomic E-state index is 0.388. The van der Waals surface area contributed by atoms with Gasteiger partial charge < -0.3 is 19.9 Å². The summed E-state index contributed by atoms with van der Waals surface area (Å²) in [4.78, 5) is 22.7. The molecule has 146 valence electrons.